The van der Waals surface area contributed by atoms with Gasteiger partial charge in [-0.05, 0) is 38.6 Å². The summed E-state index contributed by atoms with van der Waals surface area (Å²) >= 11 is 0. The van der Waals surface area contributed by atoms with E-state index in [0.717, 1.165) is 43.5 Å². The fourth-order valence-electron chi connectivity index (χ4n) is 3.62. The summed E-state index contributed by atoms with van der Waals surface area (Å²) in [5.74, 6) is 1.90. The Balaban J connectivity index is 1.62. The second-order valence-electron chi connectivity index (χ2n) is 8.21. The molecule has 2 saturated heterocycles. The number of anilines is 1. The molecule has 0 aromatic carbocycles. The molecule has 0 bridgehead atoms. The predicted octanol–water partition coefficient (Wildman–Crippen LogP) is 0.418. The summed E-state index contributed by atoms with van der Waals surface area (Å²) in [7, 11) is 0.813. The van der Waals surface area contributed by atoms with Gasteiger partial charge in [-0.1, -0.05) is 0 Å². The highest BCUT2D eigenvalue weighted by Gasteiger charge is 2.40. The highest BCUT2D eigenvalue weighted by molar-refractivity contribution is 7.92. The van der Waals surface area contributed by atoms with Crippen LogP contribution in [0.3, 0.4) is 0 Å². The summed E-state index contributed by atoms with van der Waals surface area (Å²) in [6.07, 6.45) is 1.85. The van der Waals surface area contributed by atoms with Gasteiger partial charge in [-0.2, -0.15) is 0 Å². The van der Waals surface area contributed by atoms with E-state index < -0.39 is 14.6 Å². The van der Waals surface area contributed by atoms with Crippen LogP contribution in [-0.4, -0.2) is 93.0 Å². The van der Waals surface area contributed by atoms with E-state index in [4.69, 9.17) is 0 Å². The molecule has 0 aliphatic carbocycles. The third kappa shape index (κ3) is 4.57. The number of guanidine groups is 1. The Morgan fingerprint density at radius 3 is 2.61 bits per heavy atom. The monoisotopic (exact) mass is 408 g/mol. The smallest absolute Gasteiger partial charge is 0.193 e. The number of piperazine rings is 1. The van der Waals surface area contributed by atoms with Crippen LogP contribution >= 0.6 is 0 Å². The molecule has 0 saturated carbocycles. The van der Waals surface area contributed by atoms with Crippen LogP contribution in [0.25, 0.3) is 0 Å². The number of nitrogens with zero attached hydrogens (tertiary/aromatic N) is 5. The third-order valence-corrected chi connectivity index (χ3v) is 8.18. The van der Waals surface area contributed by atoms with Crippen LogP contribution in [0.2, 0.25) is 0 Å². The zero-order valence-electron chi connectivity index (χ0n) is 17.3. The molecule has 0 spiro atoms. The van der Waals surface area contributed by atoms with Crippen molar-refractivity contribution in [2.45, 2.75) is 25.1 Å². The lowest BCUT2D eigenvalue weighted by molar-refractivity contribution is 0.312. The predicted molar refractivity (Wildman–Crippen MR) is 114 cm³/mol. The van der Waals surface area contributed by atoms with Gasteiger partial charge < -0.3 is 20.0 Å². The Hall–Kier alpha value is -1.87. The second kappa shape index (κ2) is 8.24. The van der Waals surface area contributed by atoms with Gasteiger partial charge in [-0.3, -0.25) is 4.99 Å². The van der Waals surface area contributed by atoms with Gasteiger partial charge in [0.1, 0.15) is 5.82 Å². The molecular formula is C19H32N6O2S. The molecule has 1 aromatic heterocycles. The van der Waals surface area contributed by atoms with Gasteiger partial charge in [-0.15, -0.1) is 0 Å². The average Bonchev–Trinajstić information content (AvgIpc) is 2.66. The van der Waals surface area contributed by atoms with Crippen molar-refractivity contribution in [2.24, 2.45) is 4.99 Å². The Morgan fingerprint density at radius 2 is 1.96 bits per heavy atom. The third-order valence-electron chi connectivity index (χ3n) is 5.64. The Kier molecular flexibility index (Phi) is 6.14. The normalized spacial score (nSPS) is 22.9. The average molecular weight is 409 g/mol. The number of likely N-dealkylation sites (N-methyl/N-ethyl adjacent to an activating group) is 1. The van der Waals surface area contributed by atoms with Gasteiger partial charge >= 0.3 is 0 Å². The van der Waals surface area contributed by atoms with Crippen LogP contribution in [0, 0.1) is 0 Å². The molecule has 0 amide bonds. The second-order valence-corrected chi connectivity index (χ2v) is 11.0. The van der Waals surface area contributed by atoms with Crippen molar-refractivity contribution >= 4 is 21.6 Å². The lowest BCUT2D eigenvalue weighted by Crippen LogP contribution is -2.57. The van der Waals surface area contributed by atoms with Crippen molar-refractivity contribution in [2.75, 3.05) is 64.0 Å². The molecule has 156 valence electrons. The van der Waals surface area contributed by atoms with Crippen LogP contribution in [0.15, 0.2) is 23.3 Å². The molecule has 9 heteroatoms. The van der Waals surface area contributed by atoms with Gasteiger partial charge in [0.05, 0.1) is 10.5 Å². The maximum absolute atomic E-state index is 12.2. The molecule has 1 N–H and O–H groups in total. The Labute approximate surface area is 168 Å². The fraction of sp³-hybridized carbons (Fsp3) is 0.684. The number of rotatable bonds is 3. The number of pyridine rings is 1. The van der Waals surface area contributed by atoms with Crippen molar-refractivity contribution in [1.29, 1.82) is 0 Å². The van der Waals surface area contributed by atoms with E-state index in [-0.39, 0.29) is 5.75 Å². The molecule has 0 atom stereocenters. The highest BCUT2D eigenvalue weighted by atomic mass is 32.2. The summed E-state index contributed by atoms with van der Waals surface area (Å²) in [5.41, 5.74) is 1.13. The van der Waals surface area contributed by atoms with E-state index in [2.05, 4.69) is 38.2 Å². The molecule has 0 unspecified atom stereocenters. The first-order valence-electron chi connectivity index (χ1n) is 9.78. The molecule has 2 aliphatic rings. The quantitative estimate of drug-likeness (QED) is 0.573. The van der Waals surface area contributed by atoms with Crippen LogP contribution in [0.1, 0.15) is 19.4 Å². The zero-order chi connectivity index (χ0) is 20.4. The van der Waals surface area contributed by atoms with Crippen molar-refractivity contribution < 1.29 is 8.42 Å². The summed E-state index contributed by atoms with van der Waals surface area (Å²) in [6, 6.07) is 4.13. The topological polar surface area (TPSA) is 81.1 Å². The van der Waals surface area contributed by atoms with Gasteiger partial charge in [0.15, 0.2) is 15.8 Å². The molecule has 8 nitrogen and oxygen atoms in total. The Bertz CT molecular complexity index is 815. The number of nitrogens with one attached hydrogen (secondary N) is 1. The number of aliphatic imine (C=N–C) groups is 1. The summed E-state index contributed by atoms with van der Waals surface area (Å²) in [5, 5.41) is 3.38. The summed E-state index contributed by atoms with van der Waals surface area (Å²) in [6.45, 7) is 9.17. The molecule has 0 radical (unpaired) electrons. The van der Waals surface area contributed by atoms with Crippen LogP contribution in [0.5, 0.6) is 0 Å². The summed E-state index contributed by atoms with van der Waals surface area (Å²) in [4.78, 5) is 15.6. The standard InChI is InChI=1S/C19H32N6O2S/c1-19(2)15-25(11-12-28(19,26)27)18(20-3)22-14-16-5-6-21-17(13-16)24-9-7-23(4)8-10-24/h5-6,13H,7-12,14-15H2,1-4H3,(H,20,22). The van der Waals surface area contributed by atoms with E-state index in [0.29, 0.717) is 19.6 Å². The molecule has 3 rings (SSSR count). The number of aromatic nitrogens is 1. The van der Waals surface area contributed by atoms with Crippen LogP contribution in [0.4, 0.5) is 5.82 Å². The van der Waals surface area contributed by atoms with E-state index in [1.807, 2.05) is 17.2 Å². The van der Waals surface area contributed by atoms with Gasteiger partial charge in [0.25, 0.3) is 0 Å². The van der Waals surface area contributed by atoms with Crippen LogP contribution in [-0.2, 0) is 16.4 Å². The minimum Gasteiger partial charge on any atom is -0.354 e. The molecule has 1 aromatic rings. The number of hydrogen-bond acceptors (Lipinski definition) is 6. The zero-order valence-corrected chi connectivity index (χ0v) is 18.2. The molecule has 3 heterocycles. The number of hydrogen-bond donors (Lipinski definition) is 1. The van der Waals surface area contributed by atoms with Gasteiger partial charge in [-0.25, -0.2) is 13.4 Å². The highest BCUT2D eigenvalue weighted by Crippen LogP contribution is 2.23. The first-order chi connectivity index (χ1) is 13.2. The Morgan fingerprint density at radius 1 is 1.25 bits per heavy atom. The first-order valence-corrected chi connectivity index (χ1v) is 11.4. The molecule has 28 heavy (non-hydrogen) atoms. The van der Waals surface area contributed by atoms with Gasteiger partial charge in [0, 0.05) is 59.1 Å². The van der Waals surface area contributed by atoms with E-state index >= 15 is 0 Å². The SMILES string of the molecule is CN=C(NCc1ccnc(N2CCN(C)CC2)c1)N1CCS(=O)(=O)C(C)(C)C1. The van der Waals surface area contributed by atoms with E-state index in [9.17, 15) is 8.42 Å². The number of sulfone groups is 1. The summed E-state index contributed by atoms with van der Waals surface area (Å²) < 4.78 is 23.7. The van der Waals surface area contributed by atoms with Crippen molar-refractivity contribution in [1.82, 2.24) is 20.1 Å². The first kappa shape index (κ1) is 20.9. The minimum atomic E-state index is -3.07. The molecular weight excluding hydrogens is 376 g/mol. The fourth-order valence-corrected chi connectivity index (χ4v) is 4.98. The van der Waals surface area contributed by atoms with Crippen molar-refractivity contribution in [3.8, 4) is 0 Å². The van der Waals surface area contributed by atoms with E-state index in [1.54, 1.807) is 20.9 Å². The lowest BCUT2D eigenvalue weighted by atomic mass is 10.2. The van der Waals surface area contributed by atoms with Crippen molar-refractivity contribution in [3.05, 3.63) is 23.9 Å². The molecule has 2 aliphatic heterocycles. The largest absolute Gasteiger partial charge is 0.354 e. The maximum Gasteiger partial charge on any atom is 0.193 e. The minimum absolute atomic E-state index is 0.156. The lowest BCUT2D eigenvalue weighted by Gasteiger charge is -2.39. The van der Waals surface area contributed by atoms with Gasteiger partial charge in [0.2, 0.25) is 0 Å². The maximum atomic E-state index is 12.2. The van der Waals surface area contributed by atoms with Crippen molar-refractivity contribution in [3.63, 3.8) is 0 Å². The van der Waals surface area contributed by atoms with E-state index in [1.165, 1.54) is 0 Å². The van der Waals surface area contributed by atoms with Crippen LogP contribution < -0.4 is 10.2 Å². The molecule has 2 fully saturated rings.